The molecule has 1 heterocycles. The van der Waals surface area contributed by atoms with E-state index in [1.807, 2.05) is 0 Å². The summed E-state index contributed by atoms with van der Waals surface area (Å²) in [4.78, 5) is 2.22. The first kappa shape index (κ1) is 10.9. The van der Waals surface area contributed by atoms with Gasteiger partial charge in [-0.2, -0.15) is 0 Å². The van der Waals surface area contributed by atoms with Crippen LogP contribution < -0.4 is 5.73 Å². The molecule has 0 saturated carbocycles. The molecule has 1 aliphatic rings. The maximum atomic E-state index is 11.2. The molecule has 1 fully saturated rings. The fourth-order valence-corrected chi connectivity index (χ4v) is 2.81. The molecule has 0 aliphatic carbocycles. The van der Waals surface area contributed by atoms with Crippen LogP contribution in [-0.2, 0) is 9.84 Å². The summed E-state index contributed by atoms with van der Waals surface area (Å²) >= 11 is 0. The average molecular weight is 206 g/mol. The minimum absolute atomic E-state index is 0.124. The first-order chi connectivity index (χ1) is 6.04. The second-order valence-electron chi connectivity index (χ2n) is 3.66. The van der Waals surface area contributed by atoms with Gasteiger partial charge in [-0.15, -0.1) is 0 Å². The summed E-state index contributed by atoms with van der Waals surface area (Å²) in [7, 11) is -2.82. The number of rotatable bonds is 3. The molecule has 2 N–H and O–H groups in total. The van der Waals surface area contributed by atoms with Crippen molar-refractivity contribution in [3.8, 4) is 0 Å². The summed E-state index contributed by atoms with van der Waals surface area (Å²) < 4.78 is 22.4. The highest BCUT2D eigenvalue weighted by Crippen LogP contribution is 2.16. The van der Waals surface area contributed by atoms with E-state index < -0.39 is 9.84 Å². The van der Waals surface area contributed by atoms with E-state index in [-0.39, 0.29) is 5.25 Å². The molecule has 78 valence electrons. The summed E-state index contributed by atoms with van der Waals surface area (Å²) in [6, 6.07) is 0. The second-order valence-corrected chi connectivity index (χ2v) is 5.98. The molecule has 1 saturated heterocycles. The number of nitrogens with zero attached hydrogens (tertiary/aromatic N) is 1. The van der Waals surface area contributed by atoms with Crippen LogP contribution in [0.25, 0.3) is 0 Å². The van der Waals surface area contributed by atoms with Crippen LogP contribution in [0.4, 0.5) is 0 Å². The molecular weight excluding hydrogens is 188 g/mol. The van der Waals surface area contributed by atoms with Crippen LogP contribution in [0.3, 0.4) is 0 Å². The molecule has 0 radical (unpaired) electrons. The zero-order valence-corrected chi connectivity index (χ0v) is 8.89. The molecule has 0 aromatic rings. The van der Waals surface area contributed by atoms with Gasteiger partial charge in [0.25, 0.3) is 0 Å². The number of likely N-dealkylation sites (tertiary alicyclic amines) is 1. The Morgan fingerprint density at radius 2 is 1.92 bits per heavy atom. The standard InChI is InChI=1S/C8H18N2O2S/c1-13(11,12)8-2-5-10(6-3-8)7-4-9/h8H,2-7,9H2,1H3. The maximum Gasteiger partial charge on any atom is 0.150 e. The lowest BCUT2D eigenvalue weighted by Crippen LogP contribution is -2.41. The van der Waals surface area contributed by atoms with Gasteiger partial charge in [-0.05, 0) is 25.9 Å². The number of sulfone groups is 1. The van der Waals surface area contributed by atoms with Crippen LogP contribution in [-0.4, -0.2) is 51.0 Å². The van der Waals surface area contributed by atoms with Gasteiger partial charge in [0.1, 0.15) is 9.84 Å². The molecule has 13 heavy (non-hydrogen) atoms. The Balaban J connectivity index is 2.39. The third-order valence-corrected chi connectivity index (χ3v) is 4.27. The van der Waals surface area contributed by atoms with E-state index in [0.29, 0.717) is 6.54 Å². The van der Waals surface area contributed by atoms with Crippen LogP contribution in [0.5, 0.6) is 0 Å². The number of piperidine rings is 1. The molecule has 0 bridgehead atoms. The van der Waals surface area contributed by atoms with E-state index in [2.05, 4.69) is 4.90 Å². The van der Waals surface area contributed by atoms with E-state index >= 15 is 0 Å². The van der Waals surface area contributed by atoms with Crippen molar-refractivity contribution in [3.05, 3.63) is 0 Å². The van der Waals surface area contributed by atoms with Gasteiger partial charge < -0.3 is 10.6 Å². The molecule has 0 aromatic heterocycles. The Morgan fingerprint density at radius 1 is 1.38 bits per heavy atom. The molecule has 5 heteroatoms. The average Bonchev–Trinajstić information content (AvgIpc) is 2.04. The fraction of sp³-hybridized carbons (Fsp3) is 1.00. The van der Waals surface area contributed by atoms with Gasteiger partial charge in [0.15, 0.2) is 0 Å². The van der Waals surface area contributed by atoms with E-state index in [1.165, 1.54) is 6.26 Å². The summed E-state index contributed by atoms with van der Waals surface area (Å²) in [5.74, 6) is 0. The SMILES string of the molecule is CS(=O)(=O)C1CCN(CCN)CC1. The van der Waals surface area contributed by atoms with Crippen LogP contribution in [0.1, 0.15) is 12.8 Å². The molecule has 1 rings (SSSR count). The number of nitrogens with two attached hydrogens (primary N) is 1. The van der Waals surface area contributed by atoms with Crippen molar-refractivity contribution >= 4 is 9.84 Å². The van der Waals surface area contributed by atoms with Gasteiger partial charge in [0.2, 0.25) is 0 Å². The first-order valence-electron chi connectivity index (χ1n) is 4.65. The molecule has 0 atom stereocenters. The van der Waals surface area contributed by atoms with Crippen molar-refractivity contribution in [2.75, 3.05) is 32.4 Å². The quantitative estimate of drug-likeness (QED) is 0.673. The Labute approximate surface area is 80.0 Å². The van der Waals surface area contributed by atoms with Gasteiger partial charge in [0, 0.05) is 19.3 Å². The van der Waals surface area contributed by atoms with Gasteiger partial charge >= 0.3 is 0 Å². The summed E-state index contributed by atoms with van der Waals surface area (Å²) in [6.45, 7) is 3.28. The fourth-order valence-electron chi connectivity index (χ4n) is 1.74. The number of hydrogen-bond acceptors (Lipinski definition) is 4. The normalized spacial score (nSPS) is 22.0. The lowest BCUT2D eigenvalue weighted by Gasteiger charge is -2.30. The van der Waals surface area contributed by atoms with E-state index in [9.17, 15) is 8.42 Å². The van der Waals surface area contributed by atoms with Crippen LogP contribution in [0.15, 0.2) is 0 Å². The number of hydrogen-bond donors (Lipinski definition) is 1. The second kappa shape index (κ2) is 4.39. The topological polar surface area (TPSA) is 63.4 Å². The van der Waals surface area contributed by atoms with Crippen LogP contribution in [0.2, 0.25) is 0 Å². The predicted molar refractivity (Wildman–Crippen MR) is 53.4 cm³/mol. The van der Waals surface area contributed by atoms with E-state index in [1.54, 1.807) is 0 Å². The Kier molecular flexibility index (Phi) is 3.70. The van der Waals surface area contributed by atoms with Crippen molar-refractivity contribution in [3.63, 3.8) is 0 Å². The summed E-state index contributed by atoms with van der Waals surface area (Å²) in [6.07, 6.45) is 2.86. The predicted octanol–water partition coefficient (Wildman–Crippen LogP) is -0.546. The third-order valence-electron chi connectivity index (χ3n) is 2.59. The summed E-state index contributed by atoms with van der Waals surface area (Å²) in [5.41, 5.74) is 5.42. The van der Waals surface area contributed by atoms with Crippen molar-refractivity contribution in [1.29, 1.82) is 0 Å². The molecular formula is C8H18N2O2S. The maximum absolute atomic E-state index is 11.2. The molecule has 0 unspecified atom stereocenters. The largest absolute Gasteiger partial charge is 0.329 e. The first-order valence-corrected chi connectivity index (χ1v) is 6.61. The van der Waals surface area contributed by atoms with Crippen molar-refractivity contribution in [1.82, 2.24) is 4.90 Å². The minimum atomic E-state index is -2.82. The monoisotopic (exact) mass is 206 g/mol. The highest BCUT2D eigenvalue weighted by molar-refractivity contribution is 7.91. The van der Waals surface area contributed by atoms with Crippen molar-refractivity contribution in [2.24, 2.45) is 5.73 Å². The highest BCUT2D eigenvalue weighted by Gasteiger charge is 2.25. The zero-order valence-electron chi connectivity index (χ0n) is 8.07. The molecule has 4 nitrogen and oxygen atoms in total. The summed E-state index contributed by atoms with van der Waals surface area (Å²) in [5, 5.41) is -0.124. The van der Waals surface area contributed by atoms with Crippen LogP contribution >= 0.6 is 0 Å². The molecule has 0 aromatic carbocycles. The zero-order chi connectivity index (χ0) is 9.90. The minimum Gasteiger partial charge on any atom is -0.329 e. The Hall–Kier alpha value is -0.130. The smallest absolute Gasteiger partial charge is 0.150 e. The van der Waals surface area contributed by atoms with Crippen molar-refractivity contribution < 1.29 is 8.42 Å². The van der Waals surface area contributed by atoms with E-state index in [0.717, 1.165) is 32.5 Å². The highest BCUT2D eigenvalue weighted by atomic mass is 32.2. The van der Waals surface area contributed by atoms with E-state index in [4.69, 9.17) is 5.73 Å². The lowest BCUT2D eigenvalue weighted by atomic mass is 10.1. The lowest BCUT2D eigenvalue weighted by molar-refractivity contribution is 0.236. The molecule has 0 amide bonds. The van der Waals surface area contributed by atoms with Crippen LogP contribution in [0, 0.1) is 0 Å². The molecule has 0 spiro atoms. The third kappa shape index (κ3) is 3.25. The van der Waals surface area contributed by atoms with Crippen molar-refractivity contribution in [2.45, 2.75) is 18.1 Å². The van der Waals surface area contributed by atoms with Gasteiger partial charge in [-0.25, -0.2) is 8.42 Å². The Morgan fingerprint density at radius 3 is 2.31 bits per heavy atom. The van der Waals surface area contributed by atoms with Gasteiger partial charge in [-0.1, -0.05) is 0 Å². The molecule has 1 aliphatic heterocycles. The van der Waals surface area contributed by atoms with Gasteiger partial charge in [0.05, 0.1) is 5.25 Å². The van der Waals surface area contributed by atoms with Gasteiger partial charge in [-0.3, -0.25) is 0 Å². The Bertz CT molecular complexity index is 243.